The van der Waals surface area contributed by atoms with Gasteiger partial charge in [0.25, 0.3) is 0 Å². The predicted octanol–water partition coefficient (Wildman–Crippen LogP) is 3.62. The maximum atomic E-state index is 11.6. The van der Waals surface area contributed by atoms with Gasteiger partial charge < -0.3 is 20.1 Å². The van der Waals surface area contributed by atoms with Crippen LogP contribution in [0.3, 0.4) is 0 Å². The zero-order chi connectivity index (χ0) is 27.4. The minimum atomic E-state index is -3.08. The molecule has 2 aliphatic rings. The molecule has 206 valence electrons. The van der Waals surface area contributed by atoms with Crippen LogP contribution in [-0.2, 0) is 22.6 Å². The summed E-state index contributed by atoms with van der Waals surface area (Å²) in [4.78, 5) is 16.1. The number of anilines is 4. The van der Waals surface area contributed by atoms with Gasteiger partial charge in [0, 0.05) is 44.0 Å². The SMILES string of the molecule is CN(C1=CCC=c2c(nc(NC3CCCCCC3)n2C)=C1)c1ccnc(Nc2ccc(CS(C)(=O)=O)cc2)n1. The Labute approximate surface area is 230 Å². The van der Waals surface area contributed by atoms with E-state index in [2.05, 4.69) is 45.5 Å². The van der Waals surface area contributed by atoms with Gasteiger partial charge in [-0.2, -0.15) is 4.98 Å². The lowest BCUT2D eigenvalue weighted by molar-refractivity contribution is 0.601. The maximum Gasteiger partial charge on any atom is 0.229 e. The molecular formula is C29H37N7O2S. The molecule has 0 aliphatic heterocycles. The Kier molecular flexibility index (Phi) is 8.02. The molecule has 2 N–H and O–H groups in total. The van der Waals surface area contributed by atoms with Crippen molar-refractivity contribution in [2.45, 2.75) is 56.7 Å². The highest BCUT2D eigenvalue weighted by atomic mass is 32.2. The molecule has 0 bridgehead atoms. The average molecular weight is 548 g/mol. The summed E-state index contributed by atoms with van der Waals surface area (Å²) in [6.45, 7) is 0. The fraction of sp³-hybridized carbons (Fsp3) is 0.414. The minimum absolute atomic E-state index is 0.0171. The number of benzene rings is 1. The second-order valence-electron chi connectivity index (χ2n) is 10.5. The highest BCUT2D eigenvalue weighted by Gasteiger charge is 2.16. The van der Waals surface area contributed by atoms with Gasteiger partial charge in [0.15, 0.2) is 9.84 Å². The molecule has 0 saturated heterocycles. The number of nitrogens with zero attached hydrogens (tertiary/aromatic N) is 5. The number of nitrogens with one attached hydrogen (secondary N) is 2. The molecule has 0 amide bonds. The Morgan fingerprint density at radius 2 is 1.77 bits per heavy atom. The van der Waals surface area contributed by atoms with Gasteiger partial charge >= 0.3 is 0 Å². The molecule has 1 saturated carbocycles. The number of sulfone groups is 1. The topological polar surface area (TPSA) is 105 Å². The first-order chi connectivity index (χ1) is 18.7. The summed E-state index contributed by atoms with van der Waals surface area (Å²) in [5.74, 6) is 2.16. The van der Waals surface area contributed by atoms with Crippen molar-refractivity contribution < 1.29 is 8.42 Å². The standard InChI is InChI=1S/C29H37N7O2S/c1-35(27-17-18-30-28(34-27)31-23-15-13-21(14-16-23)20-39(3,37)38)24-11-8-12-26-25(19-24)33-29(36(26)2)32-22-9-6-4-5-7-10-22/h11-19,22H,4-10,20H2,1-3H3,(H,32,33)(H,30,31,34). The van der Waals surface area contributed by atoms with Gasteiger partial charge in [0.05, 0.1) is 16.5 Å². The molecule has 0 spiro atoms. The van der Waals surface area contributed by atoms with Crippen molar-refractivity contribution in [3.05, 3.63) is 64.6 Å². The summed E-state index contributed by atoms with van der Waals surface area (Å²) in [5, 5.41) is 8.99. The Morgan fingerprint density at radius 1 is 1.03 bits per heavy atom. The highest BCUT2D eigenvalue weighted by molar-refractivity contribution is 7.89. The van der Waals surface area contributed by atoms with Crippen molar-refractivity contribution in [2.75, 3.05) is 28.8 Å². The zero-order valence-electron chi connectivity index (χ0n) is 22.9. The van der Waals surface area contributed by atoms with Crippen molar-refractivity contribution in [2.24, 2.45) is 7.05 Å². The van der Waals surface area contributed by atoms with Crippen LogP contribution in [0.2, 0.25) is 0 Å². The normalized spacial score (nSPS) is 16.1. The van der Waals surface area contributed by atoms with Crippen LogP contribution in [0.1, 0.15) is 50.5 Å². The summed E-state index contributed by atoms with van der Waals surface area (Å²) in [5.41, 5.74) is 2.54. The summed E-state index contributed by atoms with van der Waals surface area (Å²) >= 11 is 0. The highest BCUT2D eigenvalue weighted by Crippen LogP contribution is 2.22. The minimum Gasteiger partial charge on any atom is -0.353 e. The molecule has 10 heteroatoms. The van der Waals surface area contributed by atoms with Crippen molar-refractivity contribution in [3.63, 3.8) is 0 Å². The van der Waals surface area contributed by atoms with Gasteiger partial charge in [0.2, 0.25) is 11.9 Å². The molecule has 9 nitrogen and oxygen atoms in total. The molecule has 1 fully saturated rings. The first kappa shape index (κ1) is 26.9. The van der Waals surface area contributed by atoms with Gasteiger partial charge in [-0.3, -0.25) is 0 Å². The number of hydrogen-bond acceptors (Lipinski definition) is 8. The van der Waals surface area contributed by atoms with E-state index in [9.17, 15) is 8.42 Å². The van der Waals surface area contributed by atoms with Crippen molar-refractivity contribution in [1.82, 2.24) is 19.5 Å². The van der Waals surface area contributed by atoms with Crippen LogP contribution in [-0.4, -0.2) is 47.3 Å². The van der Waals surface area contributed by atoms with Crippen LogP contribution in [0.25, 0.3) is 12.2 Å². The number of allylic oxidation sites excluding steroid dienone is 2. The van der Waals surface area contributed by atoms with Crippen LogP contribution in [0.5, 0.6) is 0 Å². The third-order valence-corrected chi connectivity index (χ3v) is 8.15. The van der Waals surface area contributed by atoms with Gasteiger partial charge in [-0.15, -0.1) is 0 Å². The Morgan fingerprint density at radius 3 is 2.49 bits per heavy atom. The Hall–Kier alpha value is -3.66. The number of aromatic nitrogens is 4. The molecule has 0 atom stereocenters. The number of rotatable bonds is 8. The molecule has 2 heterocycles. The number of imidazole rings is 1. The van der Waals surface area contributed by atoms with E-state index in [1.165, 1.54) is 44.8 Å². The van der Waals surface area contributed by atoms with E-state index in [4.69, 9.17) is 9.97 Å². The van der Waals surface area contributed by atoms with E-state index in [0.29, 0.717) is 12.0 Å². The van der Waals surface area contributed by atoms with Crippen molar-refractivity contribution >= 4 is 45.4 Å². The van der Waals surface area contributed by atoms with Gasteiger partial charge in [-0.05, 0) is 49.1 Å². The Balaban J connectivity index is 1.32. The van der Waals surface area contributed by atoms with Gasteiger partial charge in [-0.1, -0.05) is 50.0 Å². The lowest BCUT2D eigenvalue weighted by atomic mass is 10.1. The van der Waals surface area contributed by atoms with E-state index in [-0.39, 0.29) is 5.75 Å². The van der Waals surface area contributed by atoms with Crippen molar-refractivity contribution in [3.8, 4) is 0 Å². The molecule has 0 unspecified atom stereocenters. The largest absolute Gasteiger partial charge is 0.353 e. The second-order valence-corrected chi connectivity index (χ2v) is 12.6. The summed E-state index contributed by atoms with van der Waals surface area (Å²) in [6, 6.07) is 9.62. The van der Waals surface area contributed by atoms with Crippen LogP contribution in [0.15, 0.2) is 48.3 Å². The van der Waals surface area contributed by atoms with Crippen LogP contribution < -0.4 is 26.2 Å². The zero-order valence-corrected chi connectivity index (χ0v) is 23.7. The third-order valence-electron chi connectivity index (χ3n) is 7.29. The molecule has 2 aliphatic carbocycles. The molecule has 1 aromatic carbocycles. The van der Waals surface area contributed by atoms with Crippen LogP contribution in [0.4, 0.5) is 23.4 Å². The van der Waals surface area contributed by atoms with Gasteiger partial charge in [0.1, 0.15) is 5.82 Å². The van der Waals surface area contributed by atoms with E-state index in [0.717, 1.165) is 45.8 Å². The fourth-order valence-electron chi connectivity index (χ4n) is 5.18. The summed E-state index contributed by atoms with van der Waals surface area (Å²) in [7, 11) is 1.00. The molecule has 0 radical (unpaired) electrons. The lowest BCUT2D eigenvalue weighted by Crippen LogP contribution is -2.29. The quantitative estimate of drug-likeness (QED) is 0.412. The van der Waals surface area contributed by atoms with Crippen LogP contribution in [0, 0.1) is 0 Å². The van der Waals surface area contributed by atoms with E-state index >= 15 is 0 Å². The number of fused-ring (bicyclic) bond motifs is 1. The fourth-order valence-corrected chi connectivity index (χ4v) is 5.98. The predicted molar refractivity (Wildman–Crippen MR) is 158 cm³/mol. The van der Waals surface area contributed by atoms with E-state index < -0.39 is 9.84 Å². The lowest BCUT2D eigenvalue weighted by Gasteiger charge is -2.19. The van der Waals surface area contributed by atoms with Crippen molar-refractivity contribution in [1.29, 1.82) is 0 Å². The molecule has 2 aromatic heterocycles. The third kappa shape index (κ3) is 6.86. The first-order valence-corrected chi connectivity index (χ1v) is 15.6. The van der Waals surface area contributed by atoms with Crippen LogP contribution >= 0.6 is 0 Å². The molecule has 39 heavy (non-hydrogen) atoms. The van der Waals surface area contributed by atoms with E-state index in [1.54, 1.807) is 18.3 Å². The molecule has 3 aromatic rings. The van der Waals surface area contributed by atoms with Gasteiger partial charge in [-0.25, -0.2) is 18.4 Å². The second kappa shape index (κ2) is 11.6. The molecule has 5 rings (SSSR count). The van der Waals surface area contributed by atoms with E-state index in [1.807, 2.05) is 30.1 Å². The number of hydrogen-bond donors (Lipinski definition) is 2. The average Bonchev–Trinajstić information content (AvgIpc) is 3.13. The summed E-state index contributed by atoms with van der Waals surface area (Å²) < 4.78 is 25.3. The maximum absolute atomic E-state index is 11.6. The Bertz CT molecular complexity index is 1570. The molecular weight excluding hydrogens is 510 g/mol. The smallest absolute Gasteiger partial charge is 0.229 e. The monoisotopic (exact) mass is 547 g/mol. The first-order valence-electron chi connectivity index (χ1n) is 13.6. The summed E-state index contributed by atoms with van der Waals surface area (Å²) in [6.07, 6.45) is 17.9.